The normalized spacial score (nSPS) is 15.8. The number of aromatic nitrogens is 2. The third kappa shape index (κ3) is 5.13. The maximum Gasteiger partial charge on any atom is 0.202 e. The molecule has 0 unspecified atom stereocenters. The Bertz CT molecular complexity index is 362. The second kappa shape index (κ2) is 8.97. The first-order valence-corrected chi connectivity index (χ1v) is 7.84. The summed E-state index contributed by atoms with van der Waals surface area (Å²) in [5, 5.41) is 3.35. The summed E-state index contributed by atoms with van der Waals surface area (Å²) in [7, 11) is 0. The summed E-state index contributed by atoms with van der Waals surface area (Å²) < 4.78 is 13.3. The molecule has 0 bridgehead atoms. The first-order chi connectivity index (χ1) is 9.90. The SMILES string of the molecule is CCOCCCNc1nccn1CCOC1CCCC1. The van der Waals surface area contributed by atoms with Crippen LogP contribution in [0.25, 0.3) is 0 Å². The zero-order valence-electron chi connectivity index (χ0n) is 12.5. The van der Waals surface area contributed by atoms with E-state index in [1.807, 2.05) is 19.3 Å². The maximum absolute atomic E-state index is 5.89. The van der Waals surface area contributed by atoms with Gasteiger partial charge in [0.2, 0.25) is 5.95 Å². The van der Waals surface area contributed by atoms with Gasteiger partial charge in [0.15, 0.2) is 0 Å². The van der Waals surface area contributed by atoms with E-state index in [4.69, 9.17) is 9.47 Å². The van der Waals surface area contributed by atoms with Crippen LogP contribution in [0.15, 0.2) is 12.4 Å². The highest BCUT2D eigenvalue weighted by atomic mass is 16.5. The molecular weight excluding hydrogens is 254 g/mol. The molecule has 5 heteroatoms. The average Bonchev–Trinajstić information content (AvgIpc) is 3.11. The van der Waals surface area contributed by atoms with Gasteiger partial charge in [-0.3, -0.25) is 0 Å². The van der Waals surface area contributed by atoms with Crippen LogP contribution in [0.5, 0.6) is 0 Å². The predicted molar refractivity (Wildman–Crippen MR) is 80.0 cm³/mol. The topological polar surface area (TPSA) is 48.3 Å². The van der Waals surface area contributed by atoms with Gasteiger partial charge in [-0.05, 0) is 26.2 Å². The molecule has 0 radical (unpaired) electrons. The summed E-state index contributed by atoms with van der Waals surface area (Å²) in [5.74, 6) is 0.927. The largest absolute Gasteiger partial charge is 0.382 e. The molecule has 0 atom stereocenters. The molecule has 20 heavy (non-hydrogen) atoms. The smallest absolute Gasteiger partial charge is 0.202 e. The first-order valence-electron chi connectivity index (χ1n) is 7.84. The van der Waals surface area contributed by atoms with E-state index in [0.29, 0.717) is 6.10 Å². The van der Waals surface area contributed by atoms with E-state index in [0.717, 1.165) is 45.3 Å². The number of rotatable bonds is 10. The molecule has 114 valence electrons. The van der Waals surface area contributed by atoms with E-state index in [1.165, 1.54) is 25.7 Å². The van der Waals surface area contributed by atoms with Gasteiger partial charge >= 0.3 is 0 Å². The first kappa shape index (κ1) is 15.3. The lowest BCUT2D eigenvalue weighted by atomic mass is 10.3. The molecule has 5 nitrogen and oxygen atoms in total. The van der Waals surface area contributed by atoms with Crippen molar-refractivity contribution in [3.05, 3.63) is 12.4 Å². The van der Waals surface area contributed by atoms with Crippen molar-refractivity contribution in [2.75, 3.05) is 31.7 Å². The number of imidazole rings is 1. The average molecular weight is 281 g/mol. The standard InChI is InChI=1S/C15H27N3O2/c1-2-19-12-5-8-16-15-17-9-10-18(15)11-13-20-14-6-3-4-7-14/h9-10,14H,2-8,11-13H2,1H3,(H,16,17). The van der Waals surface area contributed by atoms with Crippen molar-refractivity contribution in [2.24, 2.45) is 0 Å². The van der Waals surface area contributed by atoms with Crippen LogP contribution in [0, 0.1) is 0 Å². The highest BCUT2D eigenvalue weighted by molar-refractivity contribution is 5.25. The Hall–Kier alpha value is -1.07. The fourth-order valence-electron chi connectivity index (χ4n) is 2.55. The van der Waals surface area contributed by atoms with Gasteiger partial charge in [-0.25, -0.2) is 4.98 Å². The van der Waals surface area contributed by atoms with Crippen molar-refractivity contribution in [1.82, 2.24) is 9.55 Å². The summed E-state index contributed by atoms with van der Waals surface area (Å²) in [5.41, 5.74) is 0. The lowest BCUT2D eigenvalue weighted by Gasteiger charge is -2.13. The van der Waals surface area contributed by atoms with E-state index in [2.05, 4.69) is 14.9 Å². The van der Waals surface area contributed by atoms with Gasteiger partial charge in [0.1, 0.15) is 0 Å². The van der Waals surface area contributed by atoms with Gasteiger partial charge in [0.25, 0.3) is 0 Å². The van der Waals surface area contributed by atoms with Gasteiger partial charge in [-0.1, -0.05) is 12.8 Å². The predicted octanol–water partition coefficient (Wildman–Crippen LogP) is 2.68. The number of ether oxygens (including phenoxy) is 2. The van der Waals surface area contributed by atoms with Crippen LogP contribution in [0.3, 0.4) is 0 Å². The van der Waals surface area contributed by atoms with Gasteiger partial charge in [0.05, 0.1) is 12.7 Å². The molecule has 0 amide bonds. The molecule has 1 saturated carbocycles. The number of hydrogen-bond acceptors (Lipinski definition) is 4. The van der Waals surface area contributed by atoms with E-state index < -0.39 is 0 Å². The van der Waals surface area contributed by atoms with E-state index in [-0.39, 0.29) is 0 Å². The summed E-state index contributed by atoms with van der Waals surface area (Å²) in [6, 6.07) is 0. The molecule has 0 saturated heterocycles. The molecule has 1 fully saturated rings. The van der Waals surface area contributed by atoms with Crippen molar-refractivity contribution in [2.45, 2.75) is 51.7 Å². The van der Waals surface area contributed by atoms with E-state index >= 15 is 0 Å². The highest BCUT2D eigenvalue weighted by Crippen LogP contribution is 2.20. The molecule has 0 spiro atoms. The van der Waals surface area contributed by atoms with Crippen LogP contribution in [0.1, 0.15) is 39.0 Å². The van der Waals surface area contributed by atoms with Crippen molar-refractivity contribution in [1.29, 1.82) is 0 Å². The molecule has 1 aliphatic rings. The van der Waals surface area contributed by atoms with Gasteiger partial charge in [-0.15, -0.1) is 0 Å². The van der Waals surface area contributed by atoms with E-state index in [1.54, 1.807) is 0 Å². The minimum Gasteiger partial charge on any atom is -0.382 e. The third-order valence-electron chi connectivity index (χ3n) is 3.66. The number of hydrogen-bond donors (Lipinski definition) is 1. The van der Waals surface area contributed by atoms with Crippen molar-refractivity contribution >= 4 is 5.95 Å². The third-order valence-corrected chi connectivity index (χ3v) is 3.66. The fourth-order valence-corrected chi connectivity index (χ4v) is 2.55. The maximum atomic E-state index is 5.89. The monoisotopic (exact) mass is 281 g/mol. The van der Waals surface area contributed by atoms with Gasteiger partial charge in [-0.2, -0.15) is 0 Å². The number of nitrogens with one attached hydrogen (secondary N) is 1. The van der Waals surface area contributed by atoms with Crippen LogP contribution in [0.4, 0.5) is 5.95 Å². The second-order valence-electron chi connectivity index (χ2n) is 5.20. The van der Waals surface area contributed by atoms with Crippen LogP contribution in [0.2, 0.25) is 0 Å². The van der Waals surface area contributed by atoms with Crippen LogP contribution in [-0.2, 0) is 16.0 Å². The van der Waals surface area contributed by atoms with Crippen molar-refractivity contribution < 1.29 is 9.47 Å². The van der Waals surface area contributed by atoms with Gasteiger partial charge in [0, 0.05) is 38.7 Å². The molecule has 1 N–H and O–H groups in total. The minimum absolute atomic E-state index is 0.487. The number of anilines is 1. The molecular formula is C15H27N3O2. The Morgan fingerprint density at radius 1 is 1.35 bits per heavy atom. The lowest BCUT2D eigenvalue weighted by molar-refractivity contribution is 0.0532. The fraction of sp³-hybridized carbons (Fsp3) is 0.800. The summed E-state index contributed by atoms with van der Waals surface area (Å²) in [4.78, 5) is 4.34. The Morgan fingerprint density at radius 2 is 2.20 bits per heavy atom. The lowest BCUT2D eigenvalue weighted by Crippen LogP contribution is -2.15. The Morgan fingerprint density at radius 3 is 3.00 bits per heavy atom. The Kier molecular flexibility index (Phi) is 6.88. The molecule has 1 aromatic heterocycles. The van der Waals surface area contributed by atoms with Crippen LogP contribution >= 0.6 is 0 Å². The van der Waals surface area contributed by atoms with Crippen LogP contribution < -0.4 is 5.32 Å². The van der Waals surface area contributed by atoms with Gasteiger partial charge < -0.3 is 19.4 Å². The van der Waals surface area contributed by atoms with Crippen LogP contribution in [-0.4, -0.2) is 42.0 Å². The Labute approximate surface area is 121 Å². The second-order valence-corrected chi connectivity index (χ2v) is 5.20. The molecule has 0 aromatic carbocycles. The molecule has 1 aromatic rings. The summed E-state index contributed by atoms with van der Waals surface area (Å²) in [6.45, 7) is 6.13. The number of nitrogens with zero attached hydrogens (tertiary/aromatic N) is 2. The minimum atomic E-state index is 0.487. The molecule has 0 aliphatic heterocycles. The quantitative estimate of drug-likeness (QED) is 0.670. The molecule has 2 rings (SSSR count). The van der Waals surface area contributed by atoms with Crippen molar-refractivity contribution in [3.8, 4) is 0 Å². The Balaban J connectivity index is 1.62. The molecule has 1 aliphatic carbocycles. The summed E-state index contributed by atoms with van der Waals surface area (Å²) in [6.07, 6.45) is 10.4. The van der Waals surface area contributed by atoms with Crippen molar-refractivity contribution in [3.63, 3.8) is 0 Å². The molecule has 1 heterocycles. The van der Waals surface area contributed by atoms with E-state index in [9.17, 15) is 0 Å². The highest BCUT2D eigenvalue weighted by Gasteiger charge is 2.15. The zero-order valence-corrected chi connectivity index (χ0v) is 12.5. The summed E-state index contributed by atoms with van der Waals surface area (Å²) >= 11 is 0. The zero-order chi connectivity index (χ0) is 14.0.